The lowest BCUT2D eigenvalue weighted by Gasteiger charge is -2.08. The molecular formula is C23H20N2O3S. The quantitative estimate of drug-likeness (QED) is 0.496. The first-order valence-corrected chi connectivity index (χ1v) is 9.94. The van der Waals surface area contributed by atoms with E-state index in [-0.39, 0.29) is 5.91 Å². The third-order valence-corrected chi connectivity index (χ3v) is 5.78. The highest BCUT2D eigenvalue weighted by Gasteiger charge is 2.20. The third kappa shape index (κ3) is 3.93. The van der Waals surface area contributed by atoms with E-state index in [1.165, 1.54) is 11.3 Å². The molecule has 0 aliphatic carbocycles. The van der Waals surface area contributed by atoms with Gasteiger partial charge in [-0.15, -0.1) is 11.3 Å². The van der Waals surface area contributed by atoms with Crippen LogP contribution in [0.25, 0.3) is 21.3 Å². The number of fused-ring (bicyclic) bond motifs is 1. The van der Waals surface area contributed by atoms with Gasteiger partial charge in [0.05, 0.1) is 14.2 Å². The molecule has 2 heterocycles. The van der Waals surface area contributed by atoms with Gasteiger partial charge in [0.2, 0.25) is 0 Å². The standard InChI is InChI=1S/C23H20N2O3S/c1-27-17-9-5-15(6-10-17)14-25-22(26)21-20(16-7-11-18(28-2)12-8-16)19-4-3-13-24-23(19)29-21/h3-13H,14H2,1-2H3,(H,25,26). The van der Waals surface area contributed by atoms with Crippen LogP contribution in [-0.2, 0) is 6.54 Å². The Kier molecular flexibility index (Phi) is 5.44. The summed E-state index contributed by atoms with van der Waals surface area (Å²) >= 11 is 1.40. The Bertz CT molecular complexity index is 1140. The molecule has 0 fully saturated rings. The minimum Gasteiger partial charge on any atom is -0.497 e. The summed E-state index contributed by atoms with van der Waals surface area (Å²) in [6.07, 6.45) is 1.75. The first-order valence-electron chi connectivity index (χ1n) is 9.12. The number of ether oxygens (including phenoxy) is 2. The summed E-state index contributed by atoms with van der Waals surface area (Å²) in [6, 6.07) is 19.3. The highest BCUT2D eigenvalue weighted by atomic mass is 32.1. The summed E-state index contributed by atoms with van der Waals surface area (Å²) in [6.45, 7) is 0.437. The summed E-state index contributed by atoms with van der Waals surface area (Å²) < 4.78 is 10.4. The molecule has 0 saturated carbocycles. The fraction of sp³-hybridized carbons (Fsp3) is 0.130. The summed E-state index contributed by atoms with van der Waals surface area (Å²) in [4.78, 5) is 19.0. The predicted molar refractivity (Wildman–Crippen MR) is 116 cm³/mol. The van der Waals surface area contributed by atoms with Crippen molar-refractivity contribution in [2.75, 3.05) is 14.2 Å². The van der Waals surface area contributed by atoms with E-state index in [0.717, 1.165) is 38.4 Å². The van der Waals surface area contributed by atoms with Gasteiger partial charge in [-0.25, -0.2) is 4.98 Å². The molecule has 1 N–H and O–H groups in total. The Hall–Kier alpha value is -3.38. The average Bonchev–Trinajstić information content (AvgIpc) is 3.17. The normalized spacial score (nSPS) is 10.7. The minimum absolute atomic E-state index is 0.116. The molecule has 0 radical (unpaired) electrons. The van der Waals surface area contributed by atoms with Crippen molar-refractivity contribution in [1.82, 2.24) is 10.3 Å². The number of pyridine rings is 1. The molecule has 29 heavy (non-hydrogen) atoms. The van der Waals surface area contributed by atoms with Crippen LogP contribution in [0.5, 0.6) is 11.5 Å². The second kappa shape index (κ2) is 8.32. The summed E-state index contributed by atoms with van der Waals surface area (Å²) in [5.41, 5.74) is 2.86. The van der Waals surface area contributed by atoms with Crippen LogP contribution in [0.15, 0.2) is 66.9 Å². The molecule has 1 amide bonds. The van der Waals surface area contributed by atoms with Gasteiger partial charge >= 0.3 is 0 Å². The SMILES string of the molecule is COc1ccc(CNC(=O)c2sc3ncccc3c2-c2ccc(OC)cc2)cc1. The van der Waals surface area contributed by atoms with Gasteiger partial charge in [0.1, 0.15) is 21.2 Å². The lowest BCUT2D eigenvalue weighted by Crippen LogP contribution is -2.22. The van der Waals surface area contributed by atoms with Gasteiger partial charge in [-0.3, -0.25) is 4.79 Å². The second-order valence-corrected chi connectivity index (χ2v) is 7.42. The van der Waals surface area contributed by atoms with Gasteiger partial charge in [0.25, 0.3) is 5.91 Å². The number of carbonyl (C=O) groups excluding carboxylic acids is 1. The van der Waals surface area contributed by atoms with Crippen LogP contribution in [0, 0.1) is 0 Å². The van der Waals surface area contributed by atoms with E-state index in [4.69, 9.17) is 9.47 Å². The van der Waals surface area contributed by atoms with Crippen molar-refractivity contribution in [3.63, 3.8) is 0 Å². The Balaban J connectivity index is 1.65. The van der Waals surface area contributed by atoms with Crippen LogP contribution in [0.2, 0.25) is 0 Å². The molecule has 2 aromatic carbocycles. The molecule has 0 saturated heterocycles. The predicted octanol–water partition coefficient (Wildman–Crippen LogP) is 4.91. The van der Waals surface area contributed by atoms with Crippen molar-refractivity contribution in [1.29, 1.82) is 0 Å². The van der Waals surface area contributed by atoms with Gasteiger partial charge in [0.15, 0.2) is 0 Å². The molecule has 0 aliphatic rings. The summed E-state index contributed by atoms with van der Waals surface area (Å²) in [7, 11) is 3.27. The van der Waals surface area contributed by atoms with E-state index < -0.39 is 0 Å². The highest BCUT2D eigenvalue weighted by molar-refractivity contribution is 7.21. The number of aromatic nitrogens is 1. The average molecular weight is 404 g/mol. The van der Waals surface area contributed by atoms with Gasteiger partial charge in [0, 0.05) is 23.7 Å². The topological polar surface area (TPSA) is 60.5 Å². The molecule has 6 heteroatoms. The van der Waals surface area contributed by atoms with Crippen molar-refractivity contribution in [3.8, 4) is 22.6 Å². The Labute approximate surface area is 172 Å². The van der Waals surface area contributed by atoms with Crippen LogP contribution in [0.3, 0.4) is 0 Å². The van der Waals surface area contributed by atoms with Crippen molar-refractivity contribution < 1.29 is 14.3 Å². The number of benzene rings is 2. The summed E-state index contributed by atoms with van der Waals surface area (Å²) in [5, 5.41) is 3.99. The van der Waals surface area contributed by atoms with Gasteiger partial charge < -0.3 is 14.8 Å². The van der Waals surface area contributed by atoms with E-state index >= 15 is 0 Å². The van der Waals surface area contributed by atoms with Crippen LogP contribution in [0.4, 0.5) is 0 Å². The first-order chi connectivity index (χ1) is 14.2. The fourth-order valence-corrected chi connectivity index (χ4v) is 4.22. The molecular weight excluding hydrogens is 384 g/mol. The van der Waals surface area contributed by atoms with Crippen LogP contribution in [0.1, 0.15) is 15.2 Å². The number of thiophene rings is 1. The van der Waals surface area contributed by atoms with Crippen molar-refractivity contribution in [3.05, 3.63) is 77.3 Å². The zero-order valence-corrected chi connectivity index (χ0v) is 17.0. The Morgan fingerprint density at radius 2 is 1.62 bits per heavy atom. The van der Waals surface area contributed by atoms with Crippen molar-refractivity contribution in [2.24, 2.45) is 0 Å². The van der Waals surface area contributed by atoms with Crippen LogP contribution >= 0.6 is 11.3 Å². The lowest BCUT2D eigenvalue weighted by atomic mass is 10.0. The Morgan fingerprint density at radius 3 is 2.28 bits per heavy atom. The van der Waals surface area contributed by atoms with E-state index in [9.17, 15) is 4.79 Å². The zero-order valence-electron chi connectivity index (χ0n) is 16.1. The molecule has 146 valence electrons. The van der Waals surface area contributed by atoms with E-state index in [2.05, 4.69) is 10.3 Å². The fourth-order valence-electron chi connectivity index (χ4n) is 3.14. The molecule has 0 atom stereocenters. The second-order valence-electron chi connectivity index (χ2n) is 6.42. The maximum Gasteiger partial charge on any atom is 0.262 e. The minimum atomic E-state index is -0.116. The number of carbonyl (C=O) groups is 1. The van der Waals surface area contributed by atoms with Crippen molar-refractivity contribution in [2.45, 2.75) is 6.54 Å². The van der Waals surface area contributed by atoms with Crippen LogP contribution in [-0.4, -0.2) is 25.1 Å². The zero-order chi connectivity index (χ0) is 20.2. The monoisotopic (exact) mass is 404 g/mol. The maximum absolute atomic E-state index is 13.1. The number of amides is 1. The van der Waals surface area contributed by atoms with Gasteiger partial charge in [-0.05, 0) is 47.5 Å². The first kappa shape index (κ1) is 19.0. The van der Waals surface area contributed by atoms with E-state index in [0.29, 0.717) is 11.4 Å². The number of methoxy groups -OCH3 is 2. The lowest BCUT2D eigenvalue weighted by molar-refractivity contribution is 0.0955. The van der Waals surface area contributed by atoms with Crippen molar-refractivity contribution >= 4 is 27.5 Å². The number of hydrogen-bond donors (Lipinski definition) is 1. The smallest absolute Gasteiger partial charge is 0.262 e. The van der Waals surface area contributed by atoms with Gasteiger partial charge in [-0.2, -0.15) is 0 Å². The molecule has 0 bridgehead atoms. The van der Waals surface area contributed by atoms with E-state index in [1.807, 2.05) is 60.7 Å². The summed E-state index contributed by atoms with van der Waals surface area (Å²) in [5.74, 6) is 1.45. The number of rotatable bonds is 6. The highest BCUT2D eigenvalue weighted by Crippen LogP contribution is 2.38. The molecule has 0 unspecified atom stereocenters. The number of nitrogens with zero attached hydrogens (tertiary/aromatic N) is 1. The maximum atomic E-state index is 13.1. The third-order valence-electron chi connectivity index (χ3n) is 4.66. The molecule has 5 nitrogen and oxygen atoms in total. The number of nitrogens with one attached hydrogen (secondary N) is 1. The largest absolute Gasteiger partial charge is 0.497 e. The molecule has 2 aromatic heterocycles. The molecule has 4 aromatic rings. The van der Waals surface area contributed by atoms with Gasteiger partial charge in [-0.1, -0.05) is 24.3 Å². The molecule has 0 spiro atoms. The van der Waals surface area contributed by atoms with Crippen LogP contribution < -0.4 is 14.8 Å². The van der Waals surface area contributed by atoms with E-state index in [1.54, 1.807) is 20.4 Å². The molecule has 4 rings (SSSR count). The Morgan fingerprint density at radius 1 is 0.966 bits per heavy atom. The molecule has 0 aliphatic heterocycles. The number of hydrogen-bond acceptors (Lipinski definition) is 5.